The summed E-state index contributed by atoms with van der Waals surface area (Å²) < 4.78 is 5.89. The molecular weight excluding hydrogens is 392 g/mol. The highest BCUT2D eigenvalue weighted by Gasteiger charge is 2.49. The lowest BCUT2D eigenvalue weighted by atomic mass is 9.74. The predicted molar refractivity (Wildman–Crippen MR) is 112 cm³/mol. The number of carbonyl (C=O) groups is 2. The highest BCUT2D eigenvalue weighted by Crippen LogP contribution is 2.45. The summed E-state index contributed by atoms with van der Waals surface area (Å²) >= 11 is 6.06. The van der Waals surface area contributed by atoms with Gasteiger partial charge in [-0.25, -0.2) is 4.99 Å². The maximum absolute atomic E-state index is 13.7. The van der Waals surface area contributed by atoms with Crippen LogP contribution in [0.15, 0.2) is 29.3 Å². The van der Waals surface area contributed by atoms with Crippen LogP contribution in [0.25, 0.3) is 0 Å². The van der Waals surface area contributed by atoms with Crippen LogP contribution in [0, 0.1) is 5.41 Å². The Morgan fingerprint density at radius 1 is 1.34 bits per heavy atom. The van der Waals surface area contributed by atoms with E-state index in [0.29, 0.717) is 36.8 Å². The first-order valence-corrected chi connectivity index (χ1v) is 10.5. The van der Waals surface area contributed by atoms with Gasteiger partial charge in [-0.1, -0.05) is 37.6 Å². The minimum Gasteiger partial charge on any atom is -0.481 e. The van der Waals surface area contributed by atoms with Crippen molar-refractivity contribution in [2.75, 3.05) is 6.61 Å². The van der Waals surface area contributed by atoms with Crippen molar-refractivity contribution in [1.82, 2.24) is 4.90 Å². The molecule has 0 aromatic heterocycles. The summed E-state index contributed by atoms with van der Waals surface area (Å²) in [7, 11) is 0. The number of hydrogen-bond donors (Lipinski definition) is 1. The Labute approximate surface area is 176 Å². The number of piperidine rings is 1. The molecule has 3 atom stereocenters. The van der Waals surface area contributed by atoms with Crippen LogP contribution in [0.1, 0.15) is 65.0 Å². The number of benzene rings is 1. The van der Waals surface area contributed by atoms with Crippen LogP contribution in [0.3, 0.4) is 0 Å². The van der Waals surface area contributed by atoms with Crippen LogP contribution in [0.4, 0.5) is 0 Å². The van der Waals surface area contributed by atoms with Gasteiger partial charge in [0.2, 0.25) is 11.8 Å². The molecule has 1 saturated heterocycles. The molecule has 0 radical (unpaired) electrons. The molecule has 2 unspecified atom stereocenters. The summed E-state index contributed by atoms with van der Waals surface area (Å²) in [5.74, 6) is -0.562. The zero-order valence-corrected chi connectivity index (χ0v) is 18.2. The van der Waals surface area contributed by atoms with Gasteiger partial charge < -0.3 is 14.7 Å². The van der Waals surface area contributed by atoms with Crippen molar-refractivity contribution in [3.63, 3.8) is 0 Å². The van der Waals surface area contributed by atoms with E-state index in [1.807, 2.05) is 49.9 Å². The second-order valence-corrected chi connectivity index (χ2v) is 9.36. The fourth-order valence-electron chi connectivity index (χ4n) is 4.30. The molecule has 1 aromatic rings. The first-order valence-electron chi connectivity index (χ1n) is 10.1. The summed E-state index contributed by atoms with van der Waals surface area (Å²) in [6.07, 6.45) is 1.63. The highest BCUT2D eigenvalue weighted by atomic mass is 35.5. The Bertz CT molecular complexity index is 821. The zero-order chi connectivity index (χ0) is 21.4. The molecular formula is C22H29ClN2O4. The smallest absolute Gasteiger partial charge is 0.304 e. The van der Waals surface area contributed by atoms with Crippen molar-refractivity contribution in [3.05, 3.63) is 34.9 Å². The second-order valence-electron chi connectivity index (χ2n) is 8.92. The van der Waals surface area contributed by atoms with E-state index in [-0.39, 0.29) is 30.0 Å². The van der Waals surface area contributed by atoms with Crippen LogP contribution < -0.4 is 0 Å². The first-order chi connectivity index (χ1) is 13.6. The van der Waals surface area contributed by atoms with Crippen molar-refractivity contribution in [2.45, 2.75) is 71.0 Å². The monoisotopic (exact) mass is 420 g/mol. The van der Waals surface area contributed by atoms with E-state index in [9.17, 15) is 14.7 Å². The summed E-state index contributed by atoms with van der Waals surface area (Å²) in [6.45, 7) is 8.21. The number of likely N-dealkylation sites (tertiary alicyclic amines) is 1. The van der Waals surface area contributed by atoms with Crippen LogP contribution in [0.2, 0.25) is 5.02 Å². The van der Waals surface area contributed by atoms with E-state index in [4.69, 9.17) is 21.3 Å². The normalized spacial score (nSPS) is 27.3. The molecule has 1 N–H and O–H groups in total. The van der Waals surface area contributed by atoms with Gasteiger partial charge in [-0.15, -0.1) is 0 Å². The molecule has 2 aliphatic heterocycles. The third-order valence-electron chi connectivity index (χ3n) is 5.85. The average molecular weight is 421 g/mol. The Balaban J connectivity index is 2.03. The number of aliphatic imine (C=N–C) groups is 1. The topological polar surface area (TPSA) is 79.2 Å². The number of carboxylic acids is 1. The lowest BCUT2D eigenvalue weighted by molar-refractivity contribution is -0.157. The van der Waals surface area contributed by atoms with E-state index < -0.39 is 11.4 Å². The number of aliphatic carboxylic acids is 1. The molecule has 0 saturated carbocycles. The summed E-state index contributed by atoms with van der Waals surface area (Å²) in [4.78, 5) is 31.7. The Morgan fingerprint density at radius 3 is 2.52 bits per heavy atom. The summed E-state index contributed by atoms with van der Waals surface area (Å²) in [6, 6.07) is 6.98. The van der Waals surface area contributed by atoms with Gasteiger partial charge in [0.05, 0.1) is 23.4 Å². The maximum atomic E-state index is 13.7. The Hall–Kier alpha value is -2.08. The van der Waals surface area contributed by atoms with E-state index in [2.05, 4.69) is 0 Å². The number of hydrogen-bond acceptors (Lipinski definition) is 4. The lowest BCUT2D eigenvalue weighted by Crippen LogP contribution is -2.55. The van der Waals surface area contributed by atoms with E-state index in [1.54, 1.807) is 6.92 Å². The molecule has 7 heteroatoms. The molecule has 1 amide bonds. The molecule has 1 aromatic carbocycles. The lowest BCUT2D eigenvalue weighted by Gasteiger charge is -2.47. The van der Waals surface area contributed by atoms with Gasteiger partial charge in [-0.3, -0.25) is 9.59 Å². The van der Waals surface area contributed by atoms with Gasteiger partial charge in [-0.05, 0) is 50.8 Å². The van der Waals surface area contributed by atoms with Gasteiger partial charge in [0.15, 0.2) is 0 Å². The molecule has 0 spiro atoms. The standard InChI is InChI=1S/C22H29ClN2O4/c1-5-16(19-24-21(2,3)13-29-19)25-17(14-6-8-15(23)9-7-14)10-11-22(4,20(25)28)12-18(26)27/h6-9,16-17H,5,10-13H2,1-4H3,(H,26,27)/t16?,17?,22-/m1/s1. The fraction of sp³-hybridized carbons (Fsp3) is 0.591. The van der Waals surface area contributed by atoms with Crippen molar-refractivity contribution < 1.29 is 19.4 Å². The van der Waals surface area contributed by atoms with Gasteiger partial charge in [-0.2, -0.15) is 0 Å². The zero-order valence-electron chi connectivity index (χ0n) is 17.4. The highest BCUT2D eigenvalue weighted by molar-refractivity contribution is 6.30. The van der Waals surface area contributed by atoms with Crippen molar-refractivity contribution in [3.8, 4) is 0 Å². The molecule has 0 aliphatic carbocycles. The van der Waals surface area contributed by atoms with Crippen LogP contribution in [-0.2, 0) is 14.3 Å². The first kappa shape index (κ1) is 21.6. The minimum atomic E-state index is -0.964. The SMILES string of the molecule is CCC(C1=NC(C)(C)CO1)N1C(=O)[C@@](C)(CC(=O)O)CCC1c1ccc(Cl)cc1. The second kappa shape index (κ2) is 7.98. The van der Waals surface area contributed by atoms with Gasteiger partial charge >= 0.3 is 5.97 Å². The largest absolute Gasteiger partial charge is 0.481 e. The number of rotatable bonds is 6. The number of carboxylic acid groups (broad SMARTS) is 1. The number of nitrogens with zero attached hydrogens (tertiary/aromatic N) is 2. The number of carbonyl (C=O) groups excluding carboxylic acids is 1. The van der Waals surface area contributed by atoms with Crippen LogP contribution in [-0.4, -0.2) is 46.0 Å². The van der Waals surface area contributed by atoms with E-state index in [1.165, 1.54) is 0 Å². The van der Waals surface area contributed by atoms with Crippen molar-refractivity contribution >= 4 is 29.4 Å². The Morgan fingerprint density at radius 2 is 2.00 bits per heavy atom. The molecule has 29 heavy (non-hydrogen) atoms. The summed E-state index contributed by atoms with van der Waals surface area (Å²) in [5.41, 5.74) is -0.296. The van der Waals surface area contributed by atoms with Gasteiger partial charge in [0.1, 0.15) is 12.6 Å². The quantitative estimate of drug-likeness (QED) is 0.736. The van der Waals surface area contributed by atoms with Gasteiger partial charge in [0, 0.05) is 5.02 Å². The minimum absolute atomic E-state index is 0.158. The van der Waals surface area contributed by atoms with E-state index >= 15 is 0 Å². The third-order valence-corrected chi connectivity index (χ3v) is 6.10. The molecule has 2 heterocycles. The molecule has 6 nitrogen and oxygen atoms in total. The fourth-order valence-corrected chi connectivity index (χ4v) is 4.42. The third kappa shape index (κ3) is 4.42. The molecule has 0 bridgehead atoms. The summed E-state index contributed by atoms with van der Waals surface area (Å²) in [5, 5.41) is 10.0. The maximum Gasteiger partial charge on any atom is 0.304 e. The molecule has 3 rings (SSSR count). The number of halogens is 1. The predicted octanol–water partition coefficient (Wildman–Crippen LogP) is 4.47. The van der Waals surface area contributed by atoms with Crippen molar-refractivity contribution in [2.24, 2.45) is 10.4 Å². The Kier molecular flexibility index (Phi) is 5.95. The van der Waals surface area contributed by atoms with E-state index in [0.717, 1.165) is 5.56 Å². The van der Waals surface area contributed by atoms with Crippen molar-refractivity contribution in [1.29, 1.82) is 0 Å². The van der Waals surface area contributed by atoms with Crippen LogP contribution in [0.5, 0.6) is 0 Å². The average Bonchev–Trinajstić information content (AvgIpc) is 2.99. The molecule has 158 valence electrons. The van der Waals surface area contributed by atoms with Crippen LogP contribution >= 0.6 is 11.6 Å². The number of amides is 1. The van der Waals surface area contributed by atoms with Gasteiger partial charge in [0.25, 0.3) is 0 Å². The molecule has 1 fully saturated rings. The molecule has 2 aliphatic rings. The number of ether oxygens (including phenoxy) is 1.